The molecule has 1 aliphatic heterocycles. The second-order valence-corrected chi connectivity index (χ2v) is 4.80. The molecule has 0 saturated carbocycles. The van der Waals surface area contributed by atoms with Crippen LogP contribution in [0.4, 0.5) is 0 Å². The Morgan fingerprint density at radius 3 is 2.73 bits per heavy atom. The smallest absolute Gasteiger partial charge is 0.0826 e. The summed E-state index contributed by atoms with van der Waals surface area (Å²) in [6.45, 7) is 13.0. The molecule has 1 fully saturated rings. The van der Waals surface area contributed by atoms with Crippen LogP contribution in [0, 0.1) is 0 Å². The Morgan fingerprint density at radius 2 is 2.13 bits per heavy atom. The highest BCUT2D eigenvalue weighted by Gasteiger charge is 2.21. The van der Waals surface area contributed by atoms with Crippen molar-refractivity contribution < 1.29 is 4.74 Å². The van der Waals surface area contributed by atoms with Gasteiger partial charge in [-0.3, -0.25) is 4.90 Å². The summed E-state index contributed by atoms with van der Waals surface area (Å²) in [7, 11) is 0. The lowest BCUT2D eigenvalue weighted by atomic mass is 10.2. The number of nitrogens with one attached hydrogen (secondary N) is 1. The van der Waals surface area contributed by atoms with Crippen LogP contribution in [0.25, 0.3) is 0 Å². The summed E-state index contributed by atoms with van der Waals surface area (Å²) in [4.78, 5) is 2.49. The van der Waals surface area contributed by atoms with Crippen molar-refractivity contribution in [2.24, 2.45) is 0 Å². The van der Waals surface area contributed by atoms with E-state index in [-0.39, 0.29) is 0 Å². The number of rotatable bonds is 5. The zero-order chi connectivity index (χ0) is 11.3. The molecule has 0 radical (unpaired) electrons. The van der Waals surface area contributed by atoms with Crippen molar-refractivity contribution in [3.8, 4) is 0 Å². The van der Waals surface area contributed by atoms with Crippen molar-refractivity contribution in [2.45, 2.75) is 52.3 Å². The monoisotopic (exact) mass is 214 g/mol. The molecule has 1 rings (SSSR count). The maximum atomic E-state index is 5.75. The second kappa shape index (κ2) is 6.46. The summed E-state index contributed by atoms with van der Waals surface area (Å²) in [5.41, 5.74) is 0. The van der Waals surface area contributed by atoms with Crippen LogP contribution in [0.5, 0.6) is 0 Å². The zero-order valence-corrected chi connectivity index (χ0v) is 10.6. The fourth-order valence-corrected chi connectivity index (χ4v) is 1.81. The van der Waals surface area contributed by atoms with E-state index in [4.69, 9.17) is 4.74 Å². The van der Waals surface area contributed by atoms with Gasteiger partial charge in [-0.05, 0) is 27.2 Å². The predicted molar refractivity (Wildman–Crippen MR) is 64.2 cm³/mol. The van der Waals surface area contributed by atoms with Gasteiger partial charge in [-0.1, -0.05) is 6.92 Å². The quantitative estimate of drug-likeness (QED) is 0.750. The van der Waals surface area contributed by atoms with Gasteiger partial charge >= 0.3 is 0 Å². The van der Waals surface area contributed by atoms with E-state index in [2.05, 4.69) is 37.9 Å². The molecule has 15 heavy (non-hydrogen) atoms. The number of ether oxygens (including phenoxy) is 1. The molecule has 2 unspecified atom stereocenters. The number of hydrogen-bond acceptors (Lipinski definition) is 3. The largest absolute Gasteiger partial charge is 0.374 e. The molecule has 0 spiro atoms. The molecule has 1 N–H and O–H groups in total. The van der Waals surface area contributed by atoms with Crippen molar-refractivity contribution in [1.82, 2.24) is 10.2 Å². The van der Waals surface area contributed by atoms with E-state index in [0.29, 0.717) is 18.2 Å². The molecule has 1 saturated heterocycles. The molecule has 1 heterocycles. The van der Waals surface area contributed by atoms with Crippen LogP contribution in [-0.2, 0) is 4.74 Å². The molecular weight excluding hydrogens is 188 g/mol. The maximum Gasteiger partial charge on any atom is 0.0826 e. The highest BCUT2D eigenvalue weighted by Crippen LogP contribution is 2.08. The van der Waals surface area contributed by atoms with Crippen LogP contribution in [0.3, 0.4) is 0 Å². The maximum absolute atomic E-state index is 5.75. The van der Waals surface area contributed by atoms with Gasteiger partial charge in [-0.15, -0.1) is 0 Å². The van der Waals surface area contributed by atoms with Crippen LogP contribution in [0.2, 0.25) is 0 Å². The van der Waals surface area contributed by atoms with E-state index >= 15 is 0 Å². The first-order valence-electron chi connectivity index (χ1n) is 6.22. The molecule has 0 aromatic rings. The van der Waals surface area contributed by atoms with Gasteiger partial charge in [0.25, 0.3) is 0 Å². The first-order valence-corrected chi connectivity index (χ1v) is 6.22. The molecule has 0 amide bonds. The Balaban J connectivity index is 2.24. The van der Waals surface area contributed by atoms with Gasteiger partial charge < -0.3 is 10.1 Å². The lowest BCUT2D eigenvalue weighted by Crippen LogP contribution is -2.49. The van der Waals surface area contributed by atoms with Gasteiger partial charge in [0.05, 0.1) is 12.7 Å². The number of morpholine rings is 1. The summed E-state index contributed by atoms with van der Waals surface area (Å²) in [5, 5.41) is 3.51. The molecule has 1 aliphatic rings. The average Bonchev–Trinajstić information content (AvgIpc) is 2.26. The second-order valence-electron chi connectivity index (χ2n) is 4.80. The molecular formula is C12H26N2O. The van der Waals surface area contributed by atoms with Crippen molar-refractivity contribution >= 4 is 0 Å². The van der Waals surface area contributed by atoms with Gasteiger partial charge in [0.2, 0.25) is 0 Å². The first-order chi connectivity index (χ1) is 7.13. The van der Waals surface area contributed by atoms with Gasteiger partial charge in [-0.2, -0.15) is 0 Å². The third-order valence-electron chi connectivity index (χ3n) is 3.21. The molecule has 0 bridgehead atoms. The lowest BCUT2D eigenvalue weighted by molar-refractivity contribution is -0.0379. The lowest BCUT2D eigenvalue weighted by Gasteiger charge is -2.36. The van der Waals surface area contributed by atoms with E-state index in [9.17, 15) is 0 Å². The minimum atomic E-state index is 0.371. The topological polar surface area (TPSA) is 24.5 Å². The van der Waals surface area contributed by atoms with Crippen LogP contribution >= 0.6 is 0 Å². The number of hydrogen-bond donors (Lipinski definition) is 1. The normalized spacial score (nSPS) is 25.8. The summed E-state index contributed by atoms with van der Waals surface area (Å²) in [6.07, 6.45) is 1.55. The van der Waals surface area contributed by atoms with E-state index in [1.165, 1.54) is 6.42 Å². The van der Waals surface area contributed by atoms with Crippen LogP contribution in [-0.4, -0.2) is 49.3 Å². The highest BCUT2D eigenvalue weighted by molar-refractivity contribution is 4.76. The zero-order valence-electron chi connectivity index (χ0n) is 10.6. The van der Waals surface area contributed by atoms with E-state index < -0.39 is 0 Å². The molecule has 0 aromatic heterocycles. The Bertz CT molecular complexity index is 173. The minimum absolute atomic E-state index is 0.371. The van der Waals surface area contributed by atoms with E-state index in [0.717, 1.165) is 26.2 Å². The van der Waals surface area contributed by atoms with Crippen molar-refractivity contribution in [1.29, 1.82) is 0 Å². The fourth-order valence-electron chi connectivity index (χ4n) is 1.81. The average molecular weight is 214 g/mol. The van der Waals surface area contributed by atoms with E-state index in [1.807, 2.05) is 0 Å². The van der Waals surface area contributed by atoms with Crippen molar-refractivity contribution in [3.63, 3.8) is 0 Å². The minimum Gasteiger partial charge on any atom is -0.374 e. The SMILES string of the molecule is CCC(C)NCC1CN(C(C)C)CCO1. The predicted octanol–water partition coefficient (Wildman–Crippen LogP) is 1.48. The van der Waals surface area contributed by atoms with E-state index in [1.54, 1.807) is 0 Å². The molecule has 3 heteroatoms. The Morgan fingerprint density at radius 1 is 1.40 bits per heavy atom. The number of nitrogens with zero attached hydrogens (tertiary/aromatic N) is 1. The standard InChI is InChI=1S/C12H26N2O/c1-5-11(4)13-8-12-9-14(10(2)3)6-7-15-12/h10-13H,5-9H2,1-4H3. The fraction of sp³-hybridized carbons (Fsp3) is 1.00. The van der Waals surface area contributed by atoms with Gasteiger partial charge in [0, 0.05) is 31.7 Å². The third kappa shape index (κ3) is 4.49. The van der Waals surface area contributed by atoms with Gasteiger partial charge in [0.15, 0.2) is 0 Å². The molecule has 3 nitrogen and oxygen atoms in total. The molecule has 2 atom stereocenters. The van der Waals surface area contributed by atoms with Gasteiger partial charge in [0.1, 0.15) is 0 Å². The van der Waals surface area contributed by atoms with Crippen LogP contribution in [0.1, 0.15) is 34.1 Å². The molecule has 0 aliphatic carbocycles. The van der Waals surface area contributed by atoms with Gasteiger partial charge in [-0.25, -0.2) is 0 Å². The van der Waals surface area contributed by atoms with Crippen LogP contribution < -0.4 is 5.32 Å². The first kappa shape index (κ1) is 12.9. The highest BCUT2D eigenvalue weighted by atomic mass is 16.5. The summed E-state index contributed by atoms with van der Waals surface area (Å²) in [5.74, 6) is 0. The Hall–Kier alpha value is -0.120. The molecule has 90 valence electrons. The Kier molecular flexibility index (Phi) is 5.58. The summed E-state index contributed by atoms with van der Waals surface area (Å²) < 4.78 is 5.75. The summed E-state index contributed by atoms with van der Waals surface area (Å²) >= 11 is 0. The van der Waals surface area contributed by atoms with Crippen molar-refractivity contribution in [2.75, 3.05) is 26.2 Å². The van der Waals surface area contributed by atoms with Crippen LogP contribution in [0.15, 0.2) is 0 Å². The molecule has 0 aromatic carbocycles. The Labute approximate surface area is 94.2 Å². The summed E-state index contributed by atoms with van der Waals surface area (Å²) in [6, 6.07) is 1.24. The third-order valence-corrected chi connectivity index (χ3v) is 3.21. The van der Waals surface area contributed by atoms with Crippen molar-refractivity contribution in [3.05, 3.63) is 0 Å².